The molecule has 2 fully saturated rings. The Hall–Kier alpha value is 0.0969. The lowest BCUT2D eigenvalue weighted by atomic mass is 9.72. The van der Waals surface area contributed by atoms with Crippen molar-refractivity contribution in [1.82, 2.24) is 5.32 Å². The van der Waals surface area contributed by atoms with Crippen molar-refractivity contribution in [3.63, 3.8) is 0 Å². The zero-order valence-electron chi connectivity index (χ0n) is 13.3. The Bertz CT molecular complexity index is 323. The molecule has 1 heterocycles. The molecule has 0 aromatic heterocycles. The number of aliphatic hydroxyl groups excluding tert-OH is 1. The van der Waals surface area contributed by atoms with Gasteiger partial charge in [0.25, 0.3) is 0 Å². The van der Waals surface area contributed by atoms with E-state index in [1.165, 1.54) is 19.3 Å². The van der Waals surface area contributed by atoms with E-state index in [9.17, 15) is 5.11 Å². The second kappa shape index (κ2) is 5.13. The third kappa shape index (κ3) is 3.41. The molecule has 2 aliphatic rings. The molecule has 3 unspecified atom stereocenters. The van der Waals surface area contributed by atoms with Crippen LogP contribution in [0.5, 0.6) is 0 Å². The van der Waals surface area contributed by atoms with E-state index in [4.69, 9.17) is 4.43 Å². The molecular weight excluding hydrogens is 254 g/mol. The fourth-order valence-electron chi connectivity index (χ4n) is 3.32. The molecule has 1 aliphatic heterocycles. The van der Waals surface area contributed by atoms with Crippen LogP contribution >= 0.6 is 0 Å². The summed E-state index contributed by atoms with van der Waals surface area (Å²) in [6, 6.07) is 0. The Balaban J connectivity index is 1.99. The second-order valence-electron chi connectivity index (χ2n) is 8.20. The van der Waals surface area contributed by atoms with E-state index in [0.29, 0.717) is 11.5 Å². The number of hydrogen-bond donors (Lipinski definition) is 2. The number of aliphatic hydroxyl groups is 1. The van der Waals surface area contributed by atoms with Crippen molar-refractivity contribution in [3.8, 4) is 0 Å². The monoisotopic (exact) mass is 285 g/mol. The van der Waals surface area contributed by atoms with Crippen LogP contribution in [-0.2, 0) is 4.43 Å². The molecule has 112 valence electrons. The smallest absolute Gasteiger partial charge is 0.192 e. The van der Waals surface area contributed by atoms with Gasteiger partial charge in [-0.25, -0.2) is 0 Å². The standard InChI is InChI=1S/C15H31NO2Si/c1-14(2,3)19(4,5)18-12-7-6-8-15(9-12)10-13(17)16-11-15/h12-13,16-17H,6-11H2,1-5H3. The molecule has 1 saturated heterocycles. The van der Waals surface area contributed by atoms with Crippen LogP contribution in [0.25, 0.3) is 0 Å². The minimum absolute atomic E-state index is 0.283. The summed E-state index contributed by atoms with van der Waals surface area (Å²) in [6.07, 6.45) is 5.83. The van der Waals surface area contributed by atoms with E-state index in [2.05, 4.69) is 39.2 Å². The summed E-state index contributed by atoms with van der Waals surface area (Å²) in [5.74, 6) is 0. The lowest BCUT2D eigenvalue weighted by Gasteiger charge is -2.44. The van der Waals surface area contributed by atoms with Gasteiger partial charge in [0.1, 0.15) is 6.23 Å². The predicted molar refractivity (Wildman–Crippen MR) is 81.6 cm³/mol. The SMILES string of the molecule is CC(C)(C)[Si](C)(C)OC1CCCC2(CNC(O)C2)C1. The minimum Gasteiger partial charge on any atom is -0.414 e. The molecule has 2 rings (SSSR count). The van der Waals surface area contributed by atoms with Gasteiger partial charge >= 0.3 is 0 Å². The highest BCUT2D eigenvalue weighted by Gasteiger charge is 2.45. The van der Waals surface area contributed by atoms with Crippen LogP contribution in [0.4, 0.5) is 0 Å². The molecule has 0 amide bonds. The van der Waals surface area contributed by atoms with Crippen LogP contribution in [0.15, 0.2) is 0 Å². The molecule has 1 spiro atoms. The van der Waals surface area contributed by atoms with Crippen molar-refractivity contribution in [2.45, 2.75) is 83.3 Å². The summed E-state index contributed by atoms with van der Waals surface area (Å²) in [6.45, 7) is 12.6. The van der Waals surface area contributed by atoms with Gasteiger partial charge in [-0.05, 0) is 49.2 Å². The molecule has 3 atom stereocenters. The fourth-order valence-corrected chi connectivity index (χ4v) is 4.71. The highest BCUT2D eigenvalue weighted by atomic mass is 28.4. The Labute approximate surface area is 119 Å². The van der Waals surface area contributed by atoms with Gasteiger partial charge in [0.15, 0.2) is 8.32 Å². The average Bonchev–Trinajstić information content (AvgIpc) is 2.57. The third-order valence-electron chi connectivity index (χ3n) is 5.50. The molecule has 4 heteroatoms. The van der Waals surface area contributed by atoms with E-state index in [-0.39, 0.29) is 11.3 Å². The van der Waals surface area contributed by atoms with Crippen molar-refractivity contribution in [2.75, 3.05) is 6.54 Å². The van der Waals surface area contributed by atoms with Gasteiger partial charge in [0, 0.05) is 12.6 Å². The first-order chi connectivity index (χ1) is 8.64. The van der Waals surface area contributed by atoms with E-state index in [1.807, 2.05) is 0 Å². The van der Waals surface area contributed by atoms with Crippen LogP contribution in [-0.4, -0.2) is 32.3 Å². The summed E-state index contributed by atoms with van der Waals surface area (Å²) in [4.78, 5) is 0. The van der Waals surface area contributed by atoms with Crippen LogP contribution < -0.4 is 5.32 Å². The highest BCUT2D eigenvalue weighted by Crippen LogP contribution is 2.46. The molecule has 0 aromatic rings. The quantitative estimate of drug-likeness (QED) is 0.765. The second-order valence-corrected chi connectivity index (χ2v) is 13.0. The Morgan fingerprint density at radius 3 is 2.47 bits per heavy atom. The largest absolute Gasteiger partial charge is 0.414 e. The van der Waals surface area contributed by atoms with Crippen LogP contribution in [0, 0.1) is 5.41 Å². The van der Waals surface area contributed by atoms with Crippen molar-refractivity contribution in [3.05, 3.63) is 0 Å². The van der Waals surface area contributed by atoms with Gasteiger partial charge in [0.05, 0.1) is 0 Å². The molecule has 0 bridgehead atoms. The van der Waals surface area contributed by atoms with Crippen molar-refractivity contribution < 1.29 is 9.53 Å². The molecule has 19 heavy (non-hydrogen) atoms. The van der Waals surface area contributed by atoms with Gasteiger partial charge in [-0.15, -0.1) is 0 Å². The molecular formula is C15H31NO2Si. The van der Waals surface area contributed by atoms with Crippen LogP contribution in [0.3, 0.4) is 0 Å². The molecule has 1 saturated carbocycles. The maximum Gasteiger partial charge on any atom is 0.192 e. The average molecular weight is 286 g/mol. The predicted octanol–water partition coefficient (Wildman–Crippen LogP) is 3.25. The Morgan fingerprint density at radius 1 is 1.26 bits per heavy atom. The van der Waals surface area contributed by atoms with Gasteiger partial charge in [0.2, 0.25) is 0 Å². The van der Waals surface area contributed by atoms with Gasteiger partial charge in [-0.1, -0.05) is 27.2 Å². The van der Waals surface area contributed by atoms with Gasteiger partial charge in [-0.2, -0.15) is 0 Å². The Morgan fingerprint density at radius 2 is 1.95 bits per heavy atom. The number of rotatable bonds is 2. The first-order valence-corrected chi connectivity index (χ1v) is 10.6. The molecule has 0 radical (unpaired) electrons. The lowest BCUT2D eigenvalue weighted by molar-refractivity contribution is 0.0533. The highest BCUT2D eigenvalue weighted by molar-refractivity contribution is 6.74. The molecule has 3 nitrogen and oxygen atoms in total. The van der Waals surface area contributed by atoms with Crippen molar-refractivity contribution >= 4 is 8.32 Å². The van der Waals surface area contributed by atoms with E-state index in [0.717, 1.165) is 19.4 Å². The summed E-state index contributed by atoms with van der Waals surface area (Å²) in [5.41, 5.74) is 0.296. The Kier molecular flexibility index (Phi) is 4.18. The zero-order chi connectivity index (χ0) is 14.3. The first kappa shape index (κ1) is 15.5. The normalized spacial score (nSPS) is 36.9. The minimum atomic E-state index is -1.66. The molecule has 1 aliphatic carbocycles. The van der Waals surface area contributed by atoms with Crippen LogP contribution in [0.2, 0.25) is 18.1 Å². The molecule has 0 aromatic carbocycles. The maximum absolute atomic E-state index is 9.75. The number of hydrogen-bond acceptors (Lipinski definition) is 3. The van der Waals surface area contributed by atoms with E-state index in [1.54, 1.807) is 0 Å². The van der Waals surface area contributed by atoms with Crippen molar-refractivity contribution in [1.29, 1.82) is 0 Å². The van der Waals surface area contributed by atoms with Gasteiger partial charge < -0.3 is 9.53 Å². The fraction of sp³-hybridized carbons (Fsp3) is 1.00. The lowest BCUT2D eigenvalue weighted by Crippen LogP contribution is -2.46. The van der Waals surface area contributed by atoms with Crippen LogP contribution in [0.1, 0.15) is 52.9 Å². The summed E-state index contributed by atoms with van der Waals surface area (Å²) >= 11 is 0. The van der Waals surface area contributed by atoms with Crippen molar-refractivity contribution in [2.24, 2.45) is 5.41 Å². The van der Waals surface area contributed by atoms with E-state index >= 15 is 0 Å². The topological polar surface area (TPSA) is 41.5 Å². The maximum atomic E-state index is 9.75. The number of nitrogens with one attached hydrogen (secondary N) is 1. The van der Waals surface area contributed by atoms with Gasteiger partial charge in [-0.3, -0.25) is 5.32 Å². The molecule has 2 N–H and O–H groups in total. The summed E-state index contributed by atoms with van der Waals surface area (Å²) < 4.78 is 6.59. The summed E-state index contributed by atoms with van der Waals surface area (Å²) in [5, 5.41) is 13.2. The van der Waals surface area contributed by atoms with E-state index < -0.39 is 8.32 Å². The third-order valence-corrected chi connectivity index (χ3v) is 10.0. The summed E-state index contributed by atoms with van der Waals surface area (Å²) in [7, 11) is -1.66. The zero-order valence-corrected chi connectivity index (χ0v) is 14.3. The first-order valence-electron chi connectivity index (χ1n) is 7.73.